The van der Waals surface area contributed by atoms with Crippen LogP contribution >= 0.6 is 23.2 Å². The van der Waals surface area contributed by atoms with Gasteiger partial charge in [-0.25, -0.2) is 0 Å². The molecule has 14 heavy (non-hydrogen) atoms. The predicted molar refractivity (Wildman–Crippen MR) is 58.4 cm³/mol. The van der Waals surface area contributed by atoms with Gasteiger partial charge in [0, 0.05) is 23.1 Å². The summed E-state index contributed by atoms with van der Waals surface area (Å²) in [5.74, 6) is 0.197. The molecule has 2 nitrogen and oxygen atoms in total. The van der Waals surface area contributed by atoms with Gasteiger partial charge in [0.1, 0.15) is 0 Å². The van der Waals surface area contributed by atoms with E-state index in [1.165, 1.54) is 0 Å². The predicted octanol–water partition coefficient (Wildman–Crippen LogP) is 1.76. The van der Waals surface area contributed by atoms with Crippen LogP contribution in [0.1, 0.15) is 12.8 Å². The first-order valence-corrected chi connectivity index (χ1v) is 5.50. The molecule has 2 aliphatic rings. The number of hydrogen-bond acceptors (Lipinski definition) is 2. The fourth-order valence-corrected chi connectivity index (χ4v) is 2.34. The van der Waals surface area contributed by atoms with Gasteiger partial charge in [0.15, 0.2) is 0 Å². The molecule has 4 heteroatoms. The first-order valence-electron chi connectivity index (χ1n) is 4.68. The Labute approximate surface area is 93.4 Å². The van der Waals surface area contributed by atoms with E-state index in [2.05, 4.69) is 0 Å². The third-order valence-electron chi connectivity index (χ3n) is 3.11. The van der Waals surface area contributed by atoms with Gasteiger partial charge in [-0.15, -0.1) is 11.6 Å². The molecular weight excluding hydrogens is 221 g/mol. The van der Waals surface area contributed by atoms with Crippen LogP contribution in [0.25, 0.3) is 0 Å². The quantitative estimate of drug-likeness (QED) is 0.715. The van der Waals surface area contributed by atoms with Gasteiger partial charge in [0.25, 0.3) is 0 Å². The van der Waals surface area contributed by atoms with Gasteiger partial charge in [-0.05, 0) is 24.5 Å². The van der Waals surface area contributed by atoms with Crippen LogP contribution in [0.5, 0.6) is 0 Å². The Bertz CT molecular complexity index is 313. The summed E-state index contributed by atoms with van der Waals surface area (Å²) < 4.78 is 0. The molecule has 78 valence electrons. The third-order valence-corrected chi connectivity index (χ3v) is 4.00. The van der Waals surface area contributed by atoms with Gasteiger partial charge in [0.05, 0.1) is 5.38 Å². The topological polar surface area (TPSA) is 46.2 Å². The molecule has 0 spiro atoms. The summed E-state index contributed by atoms with van der Waals surface area (Å²) in [6.07, 6.45) is 5.30. The summed E-state index contributed by atoms with van der Waals surface area (Å²) in [4.78, 5) is 0. The number of nitrogens with two attached hydrogens (primary N) is 1. The summed E-state index contributed by atoms with van der Waals surface area (Å²) in [7, 11) is 0. The number of allylic oxidation sites excluding steroid dienone is 3. The van der Waals surface area contributed by atoms with Crippen LogP contribution in [0.4, 0.5) is 0 Å². The highest BCUT2D eigenvalue weighted by atomic mass is 35.5. The lowest BCUT2D eigenvalue weighted by Crippen LogP contribution is -2.31. The summed E-state index contributed by atoms with van der Waals surface area (Å²) >= 11 is 11.9. The first kappa shape index (κ1) is 10.5. The fourth-order valence-electron chi connectivity index (χ4n) is 1.96. The SMILES string of the molecule is NC1(C2=CC=C(Cl)C(Cl)C2)CC1CO. The summed E-state index contributed by atoms with van der Waals surface area (Å²) in [6.45, 7) is 0.151. The van der Waals surface area contributed by atoms with Crippen LogP contribution in [-0.4, -0.2) is 22.6 Å². The van der Waals surface area contributed by atoms with E-state index in [4.69, 9.17) is 34.0 Å². The Kier molecular flexibility index (Phi) is 2.64. The lowest BCUT2D eigenvalue weighted by Gasteiger charge is -2.21. The van der Waals surface area contributed by atoms with Crippen molar-refractivity contribution in [2.45, 2.75) is 23.8 Å². The number of aliphatic hydroxyl groups excluding tert-OH is 1. The smallest absolute Gasteiger partial charge is 0.0730 e. The zero-order chi connectivity index (χ0) is 10.3. The van der Waals surface area contributed by atoms with Crippen molar-refractivity contribution >= 4 is 23.2 Å². The molecule has 0 aliphatic heterocycles. The molecule has 0 saturated heterocycles. The first-order chi connectivity index (χ1) is 6.58. The number of aliphatic hydroxyl groups is 1. The lowest BCUT2D eigenvalue weighted by atomic mass is 9.94. The van der Waals surface area contributed by atoms with Gasteiger partial charge in [-0.1, -0.05) is 17.7 Å². The van der Waals surface area contributed by atoms with Gasteiger partial charge >= 0.3 is 0 Å². The molecule has 3 unspecified atom stereocenters. The van der Waals surface area contributed by atoms with Crippen molar-refractivity contribution in [3.05, 3.63) is 22.8 Å². The minimum absolute atomic E-state index is 0.151. The molecule has 3 N–H and O–H groups in total. The lowest BCUT2D eigenvalue weighted by molar-refractivity contribution is 0.267. The van der Waals surface area contributed by atoms with Gasteiger partial charge in [0.2, 0.25) is 0 Å². The van der Waals surface area contributed by atoms with Crippen LogP contribution in [0, 0.1) is 5.92 Å². The molecule has 1 saturated carbocycles. The third kappa shape index (κ3) is 1.61. The van der Waals surface area contributed by atoms with Crippen molar-refractivity contribution < 1.29 is 5.11 Å². The minimum atomic E-state index is -0.323. The minimum Gasteiger partial charge on any atom is -0.396 e. The van der Waals surface area contributed by atoms with Gasteiger partial charge < -0.3 is 10.8 Å². The van der Waals surface area contributed by atoms with Crippen molar-refractivity contribution in [2.24, 2.45) is 11.7 Å². The Morgan fingerprint density at radius 1 is 1.57 bits per heavy atom. The van der Waals surface area contributed by atoms with Crippen LogP contribution in [0.15, 0.2) is 22.8 Å². The van der Waals surface area contributed by atoms with E-state index < -0.39 is 0 Å². The van der Waals surface area contributed by atoms with E-state index in [0.29, 0.717) is 11.5 Å². The highest BCUT2D eigenvalue weighted by Crippen LogP contribution is 2.49. The largest absolute Gasteiger partial charge is 0.396 e. The van der Waals surface area contributed by atoms with Crippen molar-refractivity contribution in [1.29, 1.82) is 0 Å². The molecular formula is C10H13Cl2NO. The molecule has 0 bridgehead atoms. The van der Waals surface area contributed by atoms with Gasteiger partial charge in [-0.2, -0.15) is 0 Å². The molecule has 2 rings (SSSR count). The highest BCUT2D eigenvalue weighted by Gasteiger charge is 2.53. The van der Waals surface area contributed by atoms with Crippen molar-refractivity contribution in [3.63, 3.8) is 0 Å². The Morgan fingerprint density at radius 3 is 2.79 bits per heavy atom. The van der Waals surface area contributed by atoms with Crippen molar-refractivity contribution in [2.75, 3.05) is 6.61 Å². The van der Waals surface area contributed by atoms with E-state index in [0.717, 1.165) is 12.0 Å². The molecule has 0 radical (unpaired) electrons. The maximum Gasteiger partial charge on any atom is 0.0730 e. The average molecular weight is 234 g/mol. The monoisotopic (exact) mass is 233 g/mol. The van der Waals surface area contributed by atoms with E-state index >= 15 is 0 Å². The van der Waals surface area contributed by atoms with E-state index in [9.17, 15) is 0 Å². The fraction of sp³-hybridized carbons (Fsp3) is 0.600. The molecule has 0 heterocycles. The maximum absolute atomic E-state index is 9.01. The second-order valence-electron chi connectivity index (χ2n) is 4.04. The molecule has 0 aromatic heterocycles. The Hall–Kier alpha value is -0.0200. The van der Waals surface area contributed by atoms with Crippen LogP contribution < -0.4 is 5.73 Å². The van der Waals surface area contributed by atoms with Crippen LogP contribution in [-0.2, 0) is 0 Å². The summed E-state index contributed by atoms with van der Waals surface area (Å²) in [6, 6.07) is 0. The highest BCUT2D eigenvalue weighted by molar-refractivity contribution is 6.37. The molecule has 1 fully saturated rings. The second-order valence-corrected chi connectivity index (χ2v) is 5.00. The van der Waals surface area contributed by atoms with E-state index in [1.54, 1.807) is 6.08 Å². The second kappa shape index (κ2) is 3.53. The zero-order valence-corrected chi connectivity index (χ0v) is 9.22. The van der Waals surface area contributed by atoms with Crippen molar-refractivity contribution in [3.8, 4) is 0 Å². The van der Waals surface area contributed by atoms with Gasteiger partial charge in [-0.3, -0.25) is 0 Å². The average Bonchev–Trinajstić information content (AvgIpc) is 2.83. The molecule has 3 atom stereocenters. The Morgan fingerprint density at radius 2 is 2.29 bits per heavy atom. The van der Waals surface area contributed by atoms with Crippen LogP contribution in [0.3, 0.4) is 0 Å². The zero-order valence-electron chi connectivity index (χ0n) is 7.71. The maximum atomic E-state index is 9.01. The van der Waals surface area contributed by atoms with Crippen molar-refractivity contribution in [1.82, 2.24) is 0 Å². The molecule has 0 aromatic carbocycles. The number of halogens is 2. The number of rotatable bonds is 2. The summed E-state index contributed by atoms with van der Waals surface area (Å²) in [5, 5.41) is 9.52. The van der Waals surface area contributed by atoms with E-state index in [-0.39, 0.29) is 23.4 Å². The van der Waals surface area contributed by atoms with E-state index in [1.807, 2.05) is 6.08 Å². The molecule has 2 aliphatic carbocycles. The molecule has 0 aromatic rings. The number of alkyl halides is 1. The number of hydrogen-bond donors (Lipinski definition) is 2. The molecule has 0 amide bonds. The normalized spacial score (nSPS) is 41.7. The standard InChI is InChI=1S/C10H13Cl2NO/c11-8-2-1-6(3-9(8)12)10(13)4-7(10)5-14/h1-2,7,9,14H,3-5,13H2. The Balaban J connectivity index is 2.14. The summed E-state index contributed by atoms with van der Waals surface area (Å²) in [5.41, 5.74) is 6.91. The van der Waals surface area contributed by atoms with Crippen LogP contribution in [0.2, 0.25) is 0 Å².